The van der Waals surface area contributed by atoms with Gasteiger partial charge in [-0.3, -0.25) is 0 Å². The van der Waals surface area contributed by atoms with Gasteiger partial charge in [-0.15, -0.1) is 0 Å². The second-order valence-corrected chi connectivity index (χ2v) is 10.3. The number of nitrogens with zero attached hydrogens (tertiary/aromatic N) is 1. The summed E-state index contributed by atoms with van der Waals surface area (Å²) in [5.41, 5.74) is 2.00. The molecule has 0 aromatic heterocycles. The molecule has 0 saturated carbocycles. The zero-order chi connectivity index (χ0) is 25.0. The fourth-order valence-corrected chi connectivity index (χ4v) is 4.91. The fraction of sp³-hybridized carbons (Fsp3) is 0.414. The van der Waals surface area contributed by atoms with Gasteiger partial charge in [0.05, 0.1) is 25.4 Å². The van der Waals surface area contributed by atoms with Gasteiger partial charge >= 0.3 is 6.09 Å². The summed E-state index contributed by atoms with van der Waals surface area (Å²) in [5, 5.41) is 21.0. The molecule has 4 rings (SSSR count). The first-order valence-corrected chi connectivity index (χ1v) is 12.2. The van der Waals surface area contributed by atoms with E-state index < -0.39 is 6.09 Å². The highest BCUT2D eigenvalue weighted by atomic mass is 16.5. The summed E-state index contributed by atoms with van der Waals surface area (Å²) < 4.78 is 12.4. The largest absolute Gasteiger partial charge is 0.491 e. The van der Waals surface area contributed by atoms with Crippen molar-refractivity contribution >= 4 is 16.9 Å². The van der Waals surface area contributed by atoms with E-state index in [0.29, 0.717) is 25.3 Å². The van der Waals surface area contributed by atoms with E-state index in [0.717, 1.165) is 16.5 Å². The first-order chi connectivity index (χ1) is 16.8. The maximum absolute atomic E-state index is 11.8. The molecule has 3 aromatic rings. The number of hydrogen-bond acceptors (Lipinski definition) is 4. The van der Waals surface area contributed by atoms with E-state index in [9.17, 15) is 9.90 Å². The number of piperidine rings is 1. The van der Waals surface area contributed by atoms with Crippen LogP contribution in [0.5, 0.6) is 5.75 Å². The lowest BCUT2D eigenvalue weighted by atomic mass is 9.82. The average molecular weight is 478 g/mol. The summed E-state index contributed by atoms with van der Waals surface area (Å²) in [7, 11) is 0. The molecule has 0 spiro atoms. The van der Waals surface area contributed by atoms with Gasteiger partial charge in [0.25, 0.3) is 0 Å². The van der Waals surface area contributed by atoms with Crippen LogP contribution < -0.4 is 4.74 Å². The zero-order valence-corrected chi connectivity index (χ0v) is 20.7. The smallest absolute Gasteiger partial charge is 0.407 e. The lowest BCUT2D eigenvalue weighted by Crippen LogP contribution is -2.47. The molecule has 3 atom stereocenters. The van der Waals surface area contributed by atoms with Crippen LogP contribution in [0.3, 0.4) is 0 Å². The summed E-state index contributed by atoms with van der Waals surface area (Å²) in [6.45, 7) is 7.49. The third-order valence-corrected chi connectivity index (χ3v) is 6.67. The second-order valence-electron chi connectivity index (χ2n) is 10.3. The minimum absolute atomic E-state index is 0.0335. The Morgan fingerprint density at radius 1 is 1.06 bits per heavy atom. The summed E-state index contributed by atoms with van der Waals surface area (Å²) in [6, 6.07) is 22.5. The van der Waals surface area contributed by atoms with Crippen LogP contribution in [-0.4, -0.2) is 53.6 Å². The standard InChI is InChI=1S/C29H35NO5/c1-29(2,3)27(23-9-8-20-6-4-5-7-22(20)18-23)35-26-19-30(28(32)33)15-14-25(26)21-10-12-24(13-11-21)34-17-16-31/h4-13,18,25-27,31H,14-17,19H2,1-3H3,(H,32,33). The van der Waals surface area contributed by atoms with E-state index in [4.69, 9.17) is 14.6 Å². The normalized spacial score (nSPS) is 19.5. The van der Waals surface area contributed by atoms with Crippen molar-refractivity contribution < 1.29 is 24.5 Å². The Morgan fingerprint density at radius 2 is 1.77 bits per heavy atom. The monoisotopic (exact) mass is 477 g/mol. The van der Waals surface area contributed by atoms with Crippen molar-refractivity contribution in [3.8, 4) is 5.75 Å². The number of ether oxygens (including phenoxy) is 2. The van der Waals surface area contributed by atoms with Crippen LogP contribution in [-0.2, 0) is 4.74 Å². The Hall–Kier alpha value is -3.09. The Labute approximate surface area is 207 Å². The van der Waals surface area contributed by atoms with Crippen LogP contribution in [0.25, 0.3) is 10.8 Å². The van der Waals surface area contributed by atoms with Crippen molar-refractivity contribution in [2.45, 2.75) is 45.3 Å². The third-order valence-electron chi connectivity index (χ3n) is 6.67. The number of hydrogen-bond donors (Lipinski definition) is 2. The zero-order valence-electron chi connectivity index (χ0n) is 20.7. The van der Waals surface area contributed by atoms with E-state index in [1.807, 2.05) is 36.4 Å². The Morgan fingerprint density at radius 3 is 2.43 bits per heavy atom. The van der Waals surface area contributed by atoms with Gasteiger partial charge in [-0.05, 0) is 51.9 Å². The molecule has 6 nitrogen and oxygen atoms in total. The molecule has 1 heterocycles. The van der Waals surface area contributed by atoms with Gasteiger partial charge in [0.1, 0.15) is 12.4 Å². The van der Waals surface area contributed by atoms with Crippen LogP contribution in [0.4, 0.5) is 4.79 Å². The van der Waals surface area contributed by atoms with E-state index in [2.05, 4.69) is 51.1 Å². The van der Waals surface area contributed by atoms with Crippen molar-refractivity contribution in [1.82, 2.24) is 4.90 Å². The number of carboxylic acid groups (broad SMARTS) is 1. The van der Waals surface area contributed by atoms with Gasteiger partial charge in [0, 0.05) is 12.5 Å². The third kappa shape index (κ3) is 5.95. The highest BCUT2D eigenvalue weighted by Gasteiger charge is 2.38. The molecule has 3 aromatic carbocycles. The molecule has 0 bridgehead atoms. The Kier molecular flexibility index (Phi) is 7.63. The predicted molar refractivity (Wildman–Crippen MR) is 137 cm³/mol. The van der Waals surface area contributed by atoms with Crippen molar-refractivity contribution in [3.05, 3.63) is 77.9 Å². The molecule has 2 N–H and O–H groups in total. The maximum atomic E-state index is 11.8. The number of likely N-dealkylation sites (tertiary alicyclic amines) is 1. The first-order valence-electron chi connectivity index (χ1n) is 12.2. The fourth-order valence-electron chi connectivity index (χ4n) is 4.91. The first kappa shape index (κ1) is 25.0. The Bertz CT molecular complexity index is 1140. The van der Waals surface area contributed by atoms with E-state index >= 15 is 0 Å². The van der Waals surface area contributed by atoms with E-state index in [1.54, 1.807) is 0 Å². The van der Waals surface area contributed by atoms with Crippen LogP contribution >= 0.6 is 0 Å². The van der Waals surface area contributed by atoms with Gasteiger partial charge in [0.2, 0.25) is 0 Å². The number of benzene rings is 3. The molecule has 1 amide bonds. The maximum Gasteiger partial charge on any atom is 0.407 e. The van der Waals surface area contributed by atoms with Crippen molar-refractivity contribution in [3.63, 3.8) is 0 Å². The lowest BCUT2D eigenvalue weighted by molar-refractivity contribution is -0.0981. The van der Waals surface area contributed by atoms with Crippen molar-refractivity contribution in [2.75, 3.05) is 26.3 Å². The summed E-state index contributed by atoms with van der Waals surface area (Å²) in [6.07, 6.45) is -0.731. The van der Waals surface area contributed by atoms with E-state index in [-0.39, 0.29) is 36.8 Å². The molecule has 1 aliphatic rings. The molecule has 186 valence electrons. The quantitative estimate of drug-likeness (QED) is 0.446. The number of rotatable bonds is 7. The van der Waals surface area contributed by atoms with Crippen molar-refractivity contribution in [2.24, 2.45) is 5.41 Å². The molecular weight excluding hydrogens is 442 g/mol. The highest BCUT2D eigenvalue weighted by molar-refractivity contribution is 5.83. The molecule has 0 aliphatic carbocycles. The molecule has 1 aliphatic heterocycles. The number of fused-ring (bicyclic) bond motifs is 1. The highest BCUT2D eigenvalue weighted by Crippen LogP contribution is 2.42. The predicted octanol–water partition coefficient (Wildman–Crippen LogP) is 5.85. The summed E-state index contributed by atoms with van der Waals surface area (Å²) in [4.78, 5) is 13.3. The van der Waals surface area contributed by atoms with Crippen molar-refractivity contribution in [1.29, 1.82) is 0 Å². The van der Waals surface area contributed by atoms with Gasteiger partial charge < -0.3 is 24.6 Å². The SMILES string of the molecule is CC(C)(C)C(OC1CN(C(=O)O)CCC1c1ccc(OCCO)cc1)c1ccc2ccccc2c1. The molecule has 6 heteroatoms. The molecular formula is C29H35NO5. The number of carbonyl (C=O) groups is 1. The summed E-state index contributed by atoms with van der Waals surface area (Å²) >= 11 is 0. The van der Waals surface area contributed by atoms with E-state index in [1.165, 1.54) is 10.3 Å². The minimum atomic E-state index is -0.914. The lowest BCUT2D eigenvalue weighted by Gasteiger charge is -2.42. The topological polar surface area (TPSA) is 79.2 Å². The van der Waals surface area contributed by atoms with Crippen LogP contribution in [0, 0.1) is 5.41 Å². The Balaban J connectivity index is 1.64. The number of amides is 1. The molecule has 0 radical (unpaired) electrons. The molecule has 1 fully saturated rings. The summed E-state index contributed by atoms with van der Waals surface area (Å²) in [5.74, 6) is 0.759. The van der Waals surface area contributed by atoms with Crippen LogP contribution in [0.1, 0.15) is 50.3 Å². The van der Waals surface area contributed by atoms with Gasteiger partial charge in [0.15, 0.2) is 0 Å². The number of aliphatic hydroxyl groups excluding tert-OH is 1. The average Bonchev–Trinajstić information content (AvgIpc) is 2.85. The second kappa shape index (κ2) is 10.7. The van der Waals surface area contributed by atoms with Crippen LogP contribution in [0.2, 0.25) is 0 Å². The molecule has 1 saturated heterocycles. The molecule has 35 heavy (non-hydrogen) atoms. The van der Waals surface area contributed by atoms with Gasteiger partial charge in [-0.1, -0.05) is 69.3 Å². The number of aliphatic hydroxyl groups is 1. The minimum Gasteiger partial charge on any atom is -0.491 e. The van der Waals surface area contributed by atoms with Crippen LogP contribution in [0.15, 0.2) is 66.7 Å². The molecule has 3 unspecified atom stereocenters. The van der Waals surface area contributed by atoms with Gasteiger partial charge in [-0.2, -0.15) is 0 Å². The van der Waals surface area contributed by atoms with Gasteiger partial charge in [-0.25, -0.2) is 4.79 Å².